The highest BCUT2D eigenvalue weighted by molar-refractivity contribution is 6.04. The predicted octanol–water partition coefficient (Wildman–Crippen LogP) is 3.25. The Kier molecular flexibility index (Phi) is 4.95. The smallest absolute Gasteiger partial charge is 0.320 e. The normalized spacial score (nSPS) is 27.0. The van der Waals surface area contributed by atoms with E-state index in [1.165, 1.54) is 19.6 Å². The average Bonchev–Trinajstić information content (AvgIpc) is 2.86. The topological polar surface area (TPSA) is 52.6 Å². The van der Waals surface area contributed by atoms with Crippen molar-refractivity contribution >= 4 is 11.8 Å². The van der Waals surface area contributed by atoms with Crippen LogP contribution in [-0.2, 0) is 19.1 Å². The summed E-state index contributed by atoms with van der Waals surface area (Å²) in [6.07, 6.45) is 0.905. The Hall–Kier alpha value is -1.68. The van der Waals surface area contributed by atoms with Crippen molar-refractivity contribution in [1.29, 1.82) is 0 Å². The molecule has 4 nitrogen and oxygen atoms in total. The fraction of sp³-hybridized carbons (Fsp3) is 0.579. The molecule has 126 valence electrons. The molecular formula is C19H26O4. The number of esters is 1. The first-order valence-corrected chi connectivity index (χ1v) is 7.97. The number of carbonyl (C=O) groups excluding carboxylic acids is 2. The molecule has 0 spiro atoms. The molecule has 3 unspecified atom stereocenters. The number of aryl methyl sites for hydroxylation is 3. The zero-order valence-corrected chi connectivity index (χ0v) is 14.9. The van der Waals surface area contributed by atoms with Gasteiger partial charge in [0.05, 0.1) is 13.2 Å². The van der Waals surface area contributed by atoms with Crippen molar-refractivity contribution in [2.75, 3.05) is 14.2 Å². The van der Waals surface area contributed by atoms with Gasteiger partial charge in [-0.25, -0.2) is 0 Å². The number of carbonyl (C=O) groups is 2. The van der Waals surface area contributed by atoms with E-state index < -0.39 is 11.4 Å². The van der Waals surface area contributed by atoms with Crippen LogP contribution in [0.25, 0.3) is 0 Å². The molecule has 0 amide bonds. The van der Waals surface area contributed by atoms with E-state index in [2.05, 4.69) is 19.1 Å². The highest BCUT2D eigenvalue weighted by Gasteiger charge is 2.58. The van der Waals surface area contributed by atoms with E-state index in [0.717, 1.165) is 16.7 Å². The Balaban J connectivity index is 2.66. The van der Waals surface area contributed by atoms with Crippen LogP contribution in [0.4, 0.5) is 0 Å². The quantitative estimate of drug-likeness (QED) is 0.631. The van der Waals surface area contributed by atoms with Gasteiger partial charge in [-0.1, -0.05) is 17.7 Å². The number of hydrogen-bond acceptors (Lipinski definition) is 4. The summed E-state index contributed by atoms with van der Waals surface area (Å²) in [6.45, 7) is 7.62. The molecule has 4 heteroatoms. The van der Waals surface area contributed by atoms with Crippen LogP contribution in [0.15, 0.2) is 12.1 Å². The molecule has 0 aromatic heterocycles. The Morgan fingerprint density at radius 3 is 2.13 bits per heavy atom. The fourth-order valence-corrected chi connectivity index (χ4v) is 4.27. The van der Waals surface area contributed by atoms with E-state index in [4.69, 9.17) is 9.47 Å². The van der Waals surface area contributed by atoms with Gasteiger partial charge in [-0.2, -0.15) is 0 Å². The Labute approximate surface area is 138 Å². The number of methoxy groups -OCH3 is 2. The summed E-state index contributed by atoms with van der Waals surface area (Å²) in [6, 6.07) is 4.20. The van der Waals surface area contributed by atoms with Crippen molar-refractivity contribution in [3.05, 3.63) is 34.4 Å². The molecule has 1 aliphatic carbocycles. The van der Waals surface area contributed by atoms with Gasteiger partial charge in [0, 0.05) is 13.0 Å². The lowest BCUT2D eigenvalue weighted by molar-refractivity contribution is -0.158. The van der Waals surface area contributed by atoms with Crippen LogP contribution in [0, 0.1) is 26.2 Å². The van der Waals surface area contributed by atoms with Crippen molar-refractivity contribution in [2.45, 2.75) is 52.6 Å². The highest BCUT2D eigenvalue weighted by Crippen LogP contribution is 2.53. The number of Topliss-reactive ketones (excluding diaryl/α,β-unsaturated/α-hetero) is 1. The maximum atomic E-state index is 12.6. The van der Waals surface area contributed by atoms with Gasteiger partial charge in [0.2, 0.25) is 0 Å². The van der Waals surface area contributed by atoms with Crippen LogP contribution in [-0.4, -0.2) is 32.1 Å². The molecule has 0 N–H and O–H groups in total. The largest absolute Gasteiger partial charge is 0.468 e. The van der Waals surface area contributed by atoms with Gasteiger partial charge in [-0.05, 0) is 57.2 Å². The van der Waals surface area contributed by atoms with E-state index in [-0.39, 0.29) is 17.8 Å². The third kappa shape index (κ3) is 2.80. The Bertz CT molecular complexity index is 611. The molecular weight excluding hydrogens is 292 g/mol. The number of rotatable bonds is 4. The monoisotopic (exact) mass is 318 g/mol. The number of hydrogen-bond donors (Lipinski definition) is 0. The number of benzene rings is 1. The molecule has 1 aromatic carbocycles. The zero-order chi connectivity index (χ0) is 17.4. The van der Waals surface area contributed by atoms with Crippen molar-refractivity contribution in [1.82, 2.24) is 0 Å². The van der Waals surface area contributed by atoms with Gasteiger partial charge in [0.25, 0.3) is 0 Å². The first-order chi connectivity index (χ1) is 10.8. The summed E-state index contributed by atoms with van der Waals surface area (Å²) in [5, 5.41) is 0. The minimum Gasteiger partial charge on any atom is -0.468 e. The van der Waals surface area contributed by atoms with E-state index >= 15 is 0 Å². The van der Waals surface area contributed by atoms with Gasteiger partial charge in [0.1, 0.15) is 11.2 Å². The molecule has 0 bridgehead atoms. The number of ketones is 1. The average molecular weight is 318 g/mol. The maximum Gasteiger partial charge on any atom is 0.320 e. The highest BCUT2D eigenvalue weighted by atomic mass is 16.5. The van der Waals surface area contributed by atoms with Crippen LogP contribution in [0.1, 0.15) is 47.9 Å². The molecule has 0 radical (unpaired) electrons. The third-order valence-corrected chi connectivity index (χ3v) is 5.24. The number of ether oxygens (including phenoxy) is 2. The van der Waals surface area contributed by atoms with Crippen LogP contribution < -0.4 is 0 Å². The molecule has 1 aliphatic rings. The maximum absolute atomic E-state index is 12.6. The molecule has 23 heavy (non-hydrogen) atoms. The lowest BCUT2D eigenvalue weighted by Gasteiger charge is -2.32. The summed E-state index contributed by atoms with van der Waals surface area (Å²) in [7, 11) is 2.98. The van der Waals surface area contributed by atoms with E-state index in [1.54, 1.807) is 7.11 Å². The lowest BCUT2D eigenvalue weighted by atomic mass is 9.69. The van der Waals surface area contributed by atoms with Gasteiger partial charge < -0.3 is 9.47 Å². The standard InChI is InChI=1S/C19H26O4/c1-11-7-12(2)17(13(3)8-11)16-9-15(22-5)10-19(16,14(4)20)18(21)23-6/h7-8,15-16H,9-10H2,1-6H3. The third-order valence-electron chi connectivity index (χ3n) is 5.24. The van der Waals surface area contributed by atoms with Gasteiger partial charge in [0.15, 0.2) is 0 Å². The molecule has 0 heterocycles. The molecule has 1 aromatic rings. The molecule has 0 aliphatic heterocycles. The molecule has 0 saturated heterocycles. The SMILES string of the molecule is COC(=O)C1(C(C)=O)CC(OC)CC1c1c(C)cc(C)cc1C. The summed E-state index contributed by atoms with van der Waals surface area (Å²) in [5.41, 5.74) is 3.32. The first kappa shape index (κ1) is 17.7. The van der Waals surface area contributed by atoms with Crippen molar-refractivity contribution < 1.29 is 19.1 Å². The summed E-state index contributed by atoms with van der Waals surface area (Å²) >= 11 is 0. The minimum atomic E-state index is -1.15. The van der Waals surface area contributed by atoms with Gasteiger partial charge in [-0.3, -0.25) is 9.59 Å². The zero-order valence-electron chi connectivity index (χ0n) is 14.9. The Morgan fingerprint density at radius 2 is 1.70 bits per heavy atom. The fourth-order valence-electron chi connectivity index (χ4n) is 4.27. The Morgan fingerprint density at radius 1 is 1.13 bits per heavy atom. The van der Waals surface area contributed by atoms with Crippen LogP contribution in [0.3, 0.4) is 0 Å². The first-order valence-electron chi connectivity index (χ1n) is 7.97. The van der Waals surface area contributed by atoms with E-state index in [1.807, 2.05) is 13.8 Å². The predicted molar refractivity (Wildman–Crippen MR) is 88.6 cm³/mol. The second kappa shape index (κ2) is 6.44. The lowest BCUT2D eigenvalue weighted by Crippen LogP contribution is -2.42. The second-order valence-electron chi connectivity index (χ2n) is 6.68. The second-order valence-corrected chi connectivity index (χ2v) is 6.68. The van der Waals surface area contributed by atoms with Crippen LogP contribution in [0.2, 0.25) is 0 Å². The van der Waals surface area contributed by atoms with E-state index in [0.29, 0.717) is 12.8 Å². The molecule has 3 atom stereocenters. The van der Waals surface area contributed by atoms with Crippen molar-refractivity contribution in [2.24, 2.45) is 5.41 Å². The molecule has 2 rings (SSSR count). The molecule has 1 fully saturated rings. The minimum absolute atomic E-state index is 0.122. The summed E-state index contributed by atoms with van der Waals surface area (Å²) < 4.78 is 10.5. The van der Waals surface area contributed by atoms with Crippen LogP contribution >= 0.6 is 0 Å². The van der Waals surface area contributed by atoms with Crippen molar-refractivity contribution in [3.63, 3.8) is 0 Å². The van der Waals surface area contributed by atoms with E-state index in [9.17, 15) is 9.59 Å². The van der Waals surface area contributed by atoms with Crippen LogP contribution in [0.5, 0.6) is 0 Å². The van der Waals surface area contributed by atoms with Gasteiger partial charge in [-0.15, -0.1) is 0 Å². The van der Waals surface area contributed by atoms with Crippen molar-refractivity contribution in [3.8, 4) is 0 Å². The van der Waals surface area contributed by atoms with Gasteiger partial charge >= 0.3 is 5.97 Å². The summed E-state index contributed by atoms with van der Waals surface area (Å²) in [4.78, 5) is 25.2. The molecule has 1 saturated carbocycles. The summed E-state index contributed by atoms with van der Waals surface area (Å²) in [5.74, 6) is -0.805.